The molecule has 4 rings (SSSR count). The number of pyridine rings is 1. The Morgan fingerprint density at radius 1 is 1.21 bits per heavy atom. The topological polar surface area (TPSA) is 140 Å². The first kappa shape index (κ1) is 26.9. The van der Waals surface area contributed by atoms with Gasteiger partial charge >= 0.3 is 5.97 Å². The summed E-state index contributed by atoms with van der Waals surface area (Å²) in [6.45, 7) is 1.06. The van der Waals surface area contributed by atoms with Crippen LogP contribution in [0.2, 0.25) is 5.02 Å². The first-order valence-corrected chi connectivity index (χ1v) is 12.0. The number of carbonyl (C=O) groups excluding carboxylic acids is 1. The summed E-state index contributed by atoms with van der Waals surface area (Å²) in [6.07, 6.45) is 1.10. The van der Waals surface area contributed by atoms with E-state index in [1.54, 1.807) is 18.2 Å². The molecule has 2 N–H and O–H groups in total. The van der Waals surface area contributed by atoms with Crippen LogP contribution in [0.3, 0.4) is 0 Å². The highest BCUT2D eigenvalue weighted by Crippen LogP contribution is 2.34. The molecule has 1 amide bonds. The Hall–Kier alpha value is -4.17. The monoisotopic (exact) mass is 537 g/mol. The molecule has 196 valence electrons. The second kappa shape index (κ2) is 11.9. The number of aromatic carboxylic acids is 1. The zero-order chi connectivity index (χ0) is 27.2. The Labute approximate surface area is 222 Å². The van der Waals surface area contributed by atoms with Crippen molar-refractivity contribution in [1.29, 1.82) is 5.26 Å². The Balaban J connectivity index is 1.73. The molecule has 1 aliphatic rings. The van der Waals surface area contributed by atoms with Crippen molar-refractivity contribution >= 4 is 29.2 Å². The second-order valence-electron chi connectivity index (χ2n) is 8.49. The number of halogens is 1. The highest BCUT2D eigenvalue weighted by Gasteiger charge is 2.29. The molecule has 2 atom stereocenters. The van der Waals surface area contributed by atoms with Gasteiger partial charge < -0.3 is 24.6 Å². The Kier molecular flexibility index (Phi) is 8.43. The number of hydrogen-bond acceptors (Lipinski definition) is 7. The summed E-state index contributed by atoms with van der Waals surface area (Å²) in [7, 11) is 1.42. The molecule has 2 heterocycles. The Bertz CT molecular complexity index is 1440. The van der Waals surface area contributed by atoms with Crippen molar-refractivity contribution in [2.75, 3.05) is 32.2 Å². The van der Waals surface area contributed by atoms with E-state index >= 15 is 0 Å². The number of nitriles is 1. The minimum Gasteiger partial charge on any atom is -0.495 e. The molecule has 0 spiro atoms. The average Bonchev–Trinajstić information content (AvgIpc) is 2.92. The van der Waals surface area contributed by atoms with Crippen LogP contribution in [0, 0.1) is 11.3 Å². The van der Waals surface area contributed by atoms with Crippen LogP contribution in [-0.2, 0) is 14.3 Å². The fraction of sp³-hybridized carbons (Fsp3) is 0.259. The molecular weight excluding hydrogens is 514 g/mol. The third kappa shape index (κ3) is 6.03. The van der Waals surface area contributed by atoms with Crippen molar-refractivity contribution in [3.63, 3.8) is 0 Å². The first-order chi connectivity index (χ1) is 18.3. The smallest absolute Gasteiger partial charge is 0.335 e. The van der Waals surface area contributed by atoms with Gasteiger partial charge in [-0.3, -0.25) is 14.2 Å². The summed E-state index contributed by atoms with van der Waals surface area (Å²) in [5, 5.41) is 21.8. The van der Waals surface area contributed by atoms with Crippen molar-refractivity contribution in [1.82, 2.24) is 4.57 Å². The molecule has 1 aromatic heterocycles. The molecule has 38 heavy (non-hydrogen) atoms. The van der Waals surface area contributed by atoms with Gasteiger partial charge in [-0.05, 0) is 42.5 Å². The van der Waals surface area contributed by atoms with Crippen LogP contribution < -0.4 is 15.6 Å². The largest absolute Gasteiger partial charge is 0.495 e. The fourth-order valence-electron chi connectivity index (χ4n) is 4.17. The molecule has 1 aliphatic heterocycles. The number of aromatic nitrogens is 1. The van der Waals surface area contributed by atoms with Gasteiger partial charge in [-0.1, -0.05) is 11.6 Å². The summed E-state index contributed by atoms with van der Waals surface area (Å²) in [5.41, 5.74) is 0.999. The predicted octanol–water partition coefficient (Wildman–Crippen LogP) is 3.73. The summed E-state index contributed by atoms with van der Waals surface area (Å²) in [5.74, 6) is -1.35. The van der Waals surface area contributed by atoms with Gasteiger partial charge in [0.05, 0.1) is 56.4 Å². The number of amides is 1. The lowest BCUT2D eigenvalue weighted by Gasteiger charge is -2.28. The number of anilines is 1. The number of ether oxygens (including phenoxy) is 3. The number of rotatable bonds is 8. The molecule has 0 bridgehead atoms. The molecule has 0 aliphatic carbocycles. The molecule has 0 saturated carbocycles. The maximum atomic E-state index is 13.5. The lowest BCUT2D eigenvalue weighted by Crippen LogP contribution is -2.38. The van der Waals surface area contributed by atoms with Crippen LogP contribution in [0.4, 0.5) is 5.69 Å². The van der Waals surface area contributed by atoms with E-state index in [-0.39, 0.29) is 24.3 Å². The third-order valence-electron chi connectivity index (χ3n) is 6.07. The molecule has 1 saturated heterocycles. The summed E-state index contributed by atoms with van der Waals surface area (Å²) >= 11 is 6.15. The number of hydrogen-bond donors (Lipinski definition) is 2. The summed E-state index contributed by atoms with van der Waals surface area (Å²) in [4.78, 5) is 38.0. The lowest BCUT2D eigenvalue weighted by molar-refractivity contribution is -0.124. The molecule has 3 aromatic rings. The van der Waals surface area contributed by atoms with Crippen molar-refractivity contribution in [3.05, 3.63) is 81.2 Å². The van der Waals surface area contributed by atoms with Crippen molar-refractivity contribution in [3.8, 4) is 22.9 Å². The lowest BCUT2D eigenvalue weighted by atomic mass is 10.00. The van der Waals surface area contributed by atoms with E-state index in [2.05, 4.69) is 11.4 Å². The average molecular weight is 538 g/mol. The number of nitrogens with one attached hydrogen (secondary N) is 1. The molecule has 2 aromatic carbocycles. The molecule has 11 heteroatoms. The van der Waals surface area contributed by atoms with Crippen LogP contribution in [-0.4, -0.2) is 54.6 Å². The summed E-state index contributed by atoms with van der Waals surface area (Å²) in [6, 6.07) is 12.7. The second-order valence-corrected chi connectivity index (χ2v) is 8.93. The zero-order valence-electron chi connectivity index (χ0n) is 20.3. The zero-order valence-corrected chi connectivity index (χ0v) is 21.1. The van der Waals surface area contributed by atoms with Crippen LogP contribution >= 0.6 is 11.6 Å². The highest BCUT2D eigenvalue weighted by molar-refractivity contribution is 6.31. The molecule has 2 unspecified atom stereocenters. The normalized spacial score (nSPS) is 15.8. The van der Waals surface area contributed by atoms with E-state index in [1.165, 1.54) is 48.2 Å². The maximum absolute atomic E-state index is 13.5. The van der Waals surface area contributed by atoms with Crippen molar-refractivity contribution in [2.45, 2.75) is 18.6 Å². The SMILES string of the molecule is COc1cn(C(CC2COCCO2)C(=O)Nc2ccc(C(=O)O)cc2)c(=O)cc1-c1cc(Cl)ccc1C#N. The number of benzene rings is 2. The van der Waals surface area contributed by atoms with E-state index in [0.717, 1.165) is 0 Å². The van der Waals surface area contributed by atoms with E-state index < -0.39 is 29.6 Å². The van der Waals surface area contributed by atoms with E-state index in [9.17, 15) is 19.6 Å². The van der Waals surface area contributed by atoms with E-state index in [4.69, 9.17) is 30.9 Å². The van der Waals surface area contributed by atoms with Gasteiger partial charge in [0, 0.05) is 34.3 Å². The molecule has 10 nitrogen and oxygen atoms in total. The van der Waals surface area contributed by atoms with Crippen LogP contribution in [0.25, 0.3) is 11.1 Å². The fourth-order valence-corrected chi connectivity index (χ4v) is 4.34. The molecular formula is C27H24ClN3O7. The molecule has 0 radical (unpaired) electrons. The first-order valence-electron chi connectivity index (χ1n) is 11.6. The van der Waals surface area contributed by atoms with Crippen LogP contribution in [0.1, 0.15) is 28.4 Å². The van der Waals surface area contributed by atoms with Gasteiger partial charge in [0.25, 0.3) is 5.56 Å². The minimum absolute atomic E-state index is 0.0709. The van der Waals surface area contributed by atoms with Gasteiger partial charge in [-0.25, -0.2) is 4.79 Å². The van der Waals surface area contributed by atoms with Crippen LogP contribution in [0.15, 0.2) is 59.5 Å². The van der Waals surface area contributed by atoms with Gasteiger partial charge in [-0.2, -0.15) is 5.26 Å². The highest BCUT2D eigenvalue weighted by atomic mass is 35.5. The maximum Gasteiger partial charge on any atom is 0.335 e. The van der Waals surface area contributed by atoms with Gasteiger partial charge in [0.15, 0.2) is 0 Å². The van der Waals surface area contributed by atoms with Gasteiger partial charge in [0.2, 0.25) is 5.91 Å². The minimum atomic E-state index is -1.09. The number of methoxy groups -OCH3 is 1. The van der Waals surface area contributed by atoms with E-state index in [0.29, 0.717) is 40.6 Å². The Morgan fingerprint density at radius 2 is 1.97 bits per heavy atom. The van der Waals surface area contributed by atoms with Crippen LogP contribution in [0.5, 0.6) is 5.75 Å². The number of carboxylic acid groups (broad SMARTS) is 1. The quantitative estimate of drug-likeness (QED) is 0.443. The molecule has 1 fully saturated rings. The number of carbonyl (C=O) groups is 2. The van der Waals surface area contributed by atoms with Crippen molar-refractivity contribution in [2.24, 2.45) is 0 Å². The van der Waals surface area contributed by atoms with Gasteiger partial charge in [0.1, 0.15) is 11.8 Å². The number of carboxylic acids is 1. The predicted molar refractivity (Wildman–Crippen MR) is 139 cm³/mol. The van der Waals surface area contributed by atoms with Gasteiger partial charge in [-0.15, -0.1) is 0 Å². The van der Waals surface area contributed by atoms with Crippen molar-refractivity contribution < 1.29 is 28.9 Å². The Morgan fingerprint density at radius 3 is 2.61 bits per heavy atom. The standard InChI is InChI=1S/C27H24ClN3O7/c1-36-24-14-31(25(32)12-22(24)21-10-18(28)5-2-17(21)13-29)23(11-20-15-37-8-9-38-20)26(33)30-19-6-3-16(4-7-19)27(34)35/h2-7,10,12,14,20,23H,8-9,11,15H2,1H3,(H,30,33)(H,34,35). The third-order valence-corrected chi connectivity index (χ3v) is 6.30. The van der Waals surface area contributed by atoms with E-state index in [1.807, 2.05) is 0 Å². The number of nitrogens with zero attached hydrogens (tertiary/aromatic N) is 2. The summed E-state index contributed by atoms with van der Waals surface area (Å²) < 4.78 is 18.0.